The summed E-state index contributed by atoms with van der Waals surface area (Å²) in [6, 6.07) is 3.69. The predicted octanol–water partition coefficient (Wildman–Crippen LogP) is 2.40. The molecule has 2 aromatic rings. The van der Waals surface area contributed by atoms with Gasteiger partial charge in [-0.1, -0.05) is 6.07 Å². The van der Waals surface area contributed by atoms with Crippen molar-refractivity contribution in [1.29, 1.82) is 0 Å². The predicted molar refractivity (Wildman–Crippen MR) is 63.7 cm³/mol. The average molecular weight is 234 g/mol. The number of carbonyl (C=O) groups is 1. The van der Waals surface area contributed by atoms with Crippen molar-refractivity contribution in [3.63, 3.8) is 0 Å². The van der Waals surface area contributed by atoms with Crippen LogP contribution in [0.5, 0.6) is 0 Å². The minimum atomic E-state index is -1.02. The molecule has 2 rings (SSSR count). The molecule has 0 saturated heterocycles. The highest BCUT2D eigenvalue weighted by Crippen LogP contribution is 2.32. The molecule has 16 heavy (non-hydrogen) atoms. The molecule has 3 N–H and O–H groups in total. The summed E-state index contributed by atoms with van der Waals surface area (Å²) in [6.45, 7) is 1.93. The normalized spacial score (nSPS) is 10.3. The van der Waals surface area contributed by atoms with Gasteiger partial charge in [-0.25, -0.2) is 4.79 Å². The Morgan fingerprint density at radius 3 is 2.81 bits per heavy atom. The third kappa shape index (κ3) is 1.77. The molecular formula is C11H10N2O2S. The Hall–Kier alpha value is -1.88. The van der Waals surface area contributed by atoms with E-state index in [-0.39, 0.29) is 5.56 Å². The standard InChI is InChI=1S/C11H10N2O2S/c1-6-2-3-8(13-4-6)7-5-16-10(12)9(7)11(14)15/h2-5H,12H2,1H3,(H,14,15). The number of pyridine rings is 1. The molecule has 2 aromatic heterocycles. The zero-order valence-electron chi connectivity index (χ0n) is 8.60. The molecule has 0 unspecified atom stereocenters. The first-order valence-electron chi connectivity index (χ1n) is 4.63. The van der Waals surface area contributed by atoms with Gasteiger partial charge in [-0.3, -0.25) is 4.98 Å². The van der Waals surface area contributed by atoms with Crippen LogP contribution in [0.15, 0.2) is 23.7 Å². The van der Waals surface area contributed by atoms with Crippen molar-refractivity contribution in [3.05, 3.63) is 34.8 Å². The molecule has 4 nitrogen and oxygen atoms in total. The highest BCUT2D eigenvalue weighted by Gasteiger charge is 2.18. The maximum absolute atomic E-state index is 11.0. The van der Waals surface area contributed by atoms with Gasteiger partial charge in [0.05, 0.1) is 5.69 Å². The lowest BCUT2D eigenvalue weighted by molar-refractivity contribution is 0.0699. The number of nitrogens with two attached hydrogens (primary N) is 1. The SMILES string of the molecule is Cc1ccc(-c2csc(N)c2C(=O)O)nc1. The van der Waals surface area contributed by atoms with Crippen LogP contribution in [0.25, 0.3) is 11.3 Å². The maximum Gasteiger partial charge on any atom is 0.339 e. The minimum absolute atomic E-state index is 0.140. The van der Waals surface area contributed by atoms with Gasteiger partial charge in [0.15, 0.2) is 0 Å². The van der Waals surface area contributed by atoms with E-state index in [2.05, 4.69) is 4.98 Å². The Morgan fingerprint density at radius 2 is 2.25 bits per heavy atom. The monoisotopic (exact) mass is 234 g/mol. The molecule has 2 heterocycles. The highest BCUT2D eigenvalue weighted by molar-refractivity contribution is 7.14. The minimum Gasteiger partial charge on any atom is -0.478 e. The Labute approximate surface area is 96.4 Å². The zero-order valence-corrected chi connectivity index (χ0v) is 9.41. The molecule has 82 valence electrons. The average Bonchev–Trinajstić information content (AvgIpc) is 2.61. The van der Waals surface area contributed by atoms with E-state index in [1.807, 2.05) is 13.0 Å². The van der Waals surface area contributed by atoms with Gasteiger partial charge in [0.25, 0.3) is 0 Å². The van der Waals surface area contributed by atoms with Crippen LogP contribution in [0.2, 0.25) is 0 Å². The number of aromatic nitrogens is 1. The quantitative estimate of drug-likeness (QED) is 0.836. The number of hydrogen-bond acceptors (Lipinski definition) is 4. The second-order valence-corrected chi connectivity index (χ2v) is 4.33. The van der Waals surface area contributed by atoms with Crippen LogP contribution in [0, 0.1) is 6.92 Å². The van der Waals surface area contributed by atoms with Gasteiger partial charge in [-0.2, -0.15) is 0 Å². The smallest absolute Gasteiger partial charge is 0.339 e. The summed E-state index contributed by atoms with van der Waals surface area (Å²) in [4.78, 5) is 15.2. The Kier molecular flexibility index (Phi) is 2.62. The van der Waals surface area contributed by atoms with Crippen LogP contribution < -0.4 is 5.73 Å². The number of aromatic carboxylic acids is 1. The molecule has 0 fully saturated rings. The topological polar surface area (TPSA) is 76.2 Å². The molecule has 0 aromatic carbocycles. The molecule has 0 aliphatic rings. The number of anilines is 1. The van der Waals surface area contributed by atoms with Crippen molar-refractivity contribution >= 4 is 22.3 Å². The number of carboxylic acids is 1. The van der Waals surface area contributed by atoms with E-state index in [0.29, 0.717) is 16.3 Å². The van der Waals surface area contributed by atoms with E-state index in [1.165, 1.54) is 11.3 Å². The lowest BCUT2D eigenvalue weighted by atomic mass is 10.1. The summed E-state index contributed by atoms with van der Waals surface area (Å²) in [7, 11) is 0. The first-order chi connectivity index (χ1) is 7.59. The third-order valence-electron chi connectivity index (χ3n) is 2.22. The Balaban J connectivity index is 2.56. The number of thiophene rings is 1. The van der Waals surface area contributed by atoms with Crippen LogP contribution in [-0.4, -0.2) is 16.1 Å². The number of nitrogens with zero attached hydrogens (tertiary/aromatic N) is 1. The maximum atomic E-state index is 11.0. The van der Waals surface area contributed by atoms with Crippen LogP contribution in [0.4, 0.5) is 5.00 Å². The van der Waals surface area contributed by atoms with E-state index in [1.54, 1.807) is 17.6 Å². The van der Waals surface area contributed by atoms with Gasteiger partial charge < -0.3 is 10.8 Å². The number of rotatable bonds is 2. The molecule has 0 atom stereocenters. The van der Waals surface area contributed by atoms with Crippen molar-refractivity contribution in [1.82, 2.24) is 4.98 Å². The van der Waals surface area contributed by atoms with E-state index in [9.17, 15) is 4.79 Å². The fourth-order valence-corrected chi connectivity index (χ4v) is 2.21. The third-order valence-corrected chi connectivity index (χ3v) is 3.03. The first-order valence-corrected chi connectivity index (χ1v) is 5.51. The largest absolute Gasteiger partial charge is 0.478 e. The van der Waals surface area contributed by atoms with Crippen molar-refractivity contribution in [2.75, 3.05) is 5.73 Å². The molecule has 0 radical (unpaired) electrons. The van der Waals surface area contributed by atoms with Crippen molar-refractivity contribution in [2.45, 2.75) is 6.92 Å². The summed E-state index contributed by atoms with van der Waals surface area (Å²) in [5.74, 6) is -1.02. The summed E-state index contributed by atoms with van der Waals surface area (Å²) in [5, 5.41) is 11.1. The lowest BCUT2D eigenvalue weighted by Gasteiger charge is -2.00. The van der Waals surface area contributed by atoms with Gasteiger partial charge in [-0.05, 0) is 18.6 Å². The van der Waals surface area contributed by atoms with Gasteiger partial charge in [0.2, 0.25) is 0 Å². The summed E-state index contributed by atoms with van der Waals surface area (Å²) >= 11 is 1.22. The van der Waals surface area contributed by atoms with E-state index in [4.69, 9.17) is 10.8 Å². The van der Waals surface area contributed by atoms with Crippen LogP contribution in [0.1, 0.15) is 15.9 Å². The van der Waals surface area contributed by atoms with Crippen LogP contribution in [-0.2, 0) is 0 Å². The summed E-state index contributed by atoms with van der Waals surface area (Å²) in [6.07, 6.45) is 1.70. The first kappa shape index (κ1) is 10.6. The summed E-state index contributed by atoms with van der Waals surface area (Å²) in [5.41, 5.74) is 8.00. The zero-order chi connectivity index (χ0) is 11.7. The molecule has 0 amide bonds. The number of aryl methyl sites for hydroxylation is 1. The fourth-order valence-electron chi connectivity index (χ4n) is 1.41. The lowest BCUT2D eigenvalue weighted by Crippen LogP contribution is -2.01. The Bertz CT molecular complexity index is 531. The van der Waals surface area contributed by atoms with Gasteiger partial charge in [0.1, 0.15) is 10.6 Å². The fraction of sp³-hybridized carbons (Fsp3) is 0.0909. The molecule has 0 aliphatic heterocycles. The van der Waals surface area contributed by atoms with Gasteiger partial charge in [0, 0.05) is 17.1 Å². The van der Waals surface area contributed by atoms with Crippen molar-refractivity contribution in [3.8, 4) is 11.3 Å². The van der Waals surface area contributed by atoms with Crippen molar-refractivity contribution in [2.24, 2.45) is 0 Å². The van der Waals surface area contributed by atoms with Crippen LogP contribution >= 0.6 is 11.3 Å². The molecule has 0 aliphatic carbocycles. The van der Waals surface area contributed by atoms with E-state index < -0.39 is 5.97 Å². The molecule has 0 bridgehead atoms. The molecular weight excluding hydrogens is 224 g/mol. The highest BCUT2D eigenvalue weighted by atomic mass is 32.1. The van der Waals surface area contributed by atoms with E-state index >= 15 is 0 Å². The van der Waals surface area contributed by atoms with E-state index in [0.717, 1.165) is 5.56 Å². The molecule has 0 saturated carbocycles. The Morgan fingerprint density at radius 1 is 1.50 bits per heavy atom. The summed E-state index contributed by atoms with van der Waals surface area (Å²) < 4.78 is 0. The second kappa shape index (κ2) is 3.94. The van der Waals surface area contributed by atoms with Gasteiger partial charge in [-0.15, -0.1) is 11.3 Å². The molecule has 5 heteroatoms. The molecule has 0 spiro atoms. The number of nitrogen functional groups attached to an aromatic ring is 1. The number of carboxylic acid groups (broad SMARTS) is 1. The second-order valence-electron chi connectivity index (χ2n) is 3.41. The van der Waals surface area contributed by atoms with Gasteiger partial charge >= 0.3 is 5.97 Å². The number of hydrogen-bond donors (Lipinski definition) is 2. The van der Waals surface area contributed by atoms with Crippen molar-refractivity contribution < 1.29 is 9.90 Å². The van der Waals surface area contributed by atoms with Crippen LogP contribution in [0.3, 0.4) is 0 Å².